The minimum absolute atomic E-state index is 0.319. The third-order valence-electron chi connectivity index (χ3n) is 1.98. The van der Waals surface area contributed by atoms with E-state index in [2.05, 4.69) is 41.6 Å². The van der Waals surface area contributed by atoms with Crippen molar-refractivity contribution in [2.24, 2.45) is 5.10 Å². The van der Waals surface area contributed by atoms with Gasteiger partial charge in [-0.3, -0.25) is 0 Å². The quantitative estimate of drug-likeness (QED) is 0.497. The van der Waals surface area contributed by atoms with E-state index in [-0.39, 0.29) is 0 Å². The van der Waals surface area contributed by atoms with Crippen LogP contribution in [-0.4, -0.2) is 27.1 Å². The molecule has 0 atom stereocenters. The molecule has 0 spiro atoms. The molecule has 1 heterocycles. The maximum atomic E-state index is 8.44. The molecular weight excluding hydrogens is 328 g/mol. The van der Waals surface area contributed by atoms with Crippen molar-refractivity contribution >= 4 is 39.9 Å². The number of aromatic amines is 1. The fourth-order valence-electron chi connectivity index (χ4n) is 1.17. The van der Waals surface area contributed by atoms with Gasteiger partial charge in [0.2, 0.25) is 11.1 Å². The molecule has 1 aromatic carbocycles. The molecule has 6 nitrogen and oxygen atoms in total. The van der Waals surface area contributed by atoms with Crippen LogP contribution in [0.25, 0.3) is 0 Å². The molecule has 0 amide bonds. The average molecular weight is 337 g/mol. The Morgan fingerprint density at radius 1 is 1.47 bits per heavy atom. The number of hydrogen-bond donors (Lipinski definition) is 2. The highest BCUT2D eigenvalue weighted by Crippen LogP contribution is 2.13. The highest BCUT2D eigenvalue weighted by Gasteiger charge is 2.01. The molecule has 0 bridgehead atoms. The predicted octanol–water partition coefficient (Wildman–Crippen LogP) is 2.63. The molecule has 96 valence electrons. The highest BCUT2D eigenvalue weighted by molar-refractivity contribution is 9.10. The van der Waals surface area contributed by atoms with E-state index in [4.69, 9.17) is 5.26 Å². The first kappa shape index (κ1) is 13.6. The zero-order valence-electron chi connectivity index (χ0n) is 9.67. The van der Waals surface area contributed by atoms with Crippen molar-refractivity contribution in [3.8, 4) is 6.07 Å². The van der Waals surface area contributed by atoms with Crippen molar-refractivity contribution < 1.29 is 0 Å². The lowest BCUT2D eigenvalue weighted by Gasteiger charge is -1.94. The van der Waals surface area contributed by atoms with Crippen LogP contribution in [0.4, 0.5) is 5.95 Å². The van der Waals surface area contributed by atoms with Gasteiger partial charge in [0, 0.05) is 4.47 Å². The minimum Gasteiger partial charge on any atom is -0.246 e. The lowest BCUT2D eigenvalue weighted by molar-refractivity contribution is 0.975. The van der Waals surface area contributed by atoms with Gasteiger partial charge >= 0.3 is 0 Å². The van der Waals surface area contributed by atoms with E-state index in [1.165, 1.54) is 11.8 Å². The summed E-state index contributed by atoms with van der Waals surface area (Å²) in [7, 11) is 0. The van der Waals surface area contributed by atoms with Crippen molar-refractivity contribution in [2.75, 3.05) is 11.2 Å². The standard InChI is InChI=1S/C11H9BrN6S/c12-9-3-1-8(2-4-9)7-14-16-10-15-11(18-17-10)19-6-5-13/h1-4,7H,6H2,(H2,15,16,17,18)/b14-7-. The number of hydrazone groups is 1. The second-order valence-corrected chi connectivity index (χ2v) is 5.19. The summed E-state index contributed by atoms with van der Waals surface area (Å²) in [6.45, 7) is 0. The van der Waals surface area contributed by atoms with E-state index in [1.54, 1.807) is 6.21 Å². The van der Waals surface area contributed by atoms with Crippen LogP contribution in [0.1, 0.15) is 5.56 Å². The topological polar surface area (TPSA) is 89.8 Å². The number of rotatable bonds is 5. The van der Waals surface area contributed by atoms with Crippen LogP contribution in [0, 0.1) is 11.3 Å². The van der Waals surface area contributed by atoms with Gasteiger partial charge in [0.1, 0.15) is 0 Å². The molecule has 1 aromatic heterocycles. The Bertz CT molecular complexity index is 600. The summed E-state index contributed by atoms with van der Waals surface area (Å²) in [6, 6.07) is 9.75. The highest BCUT2D eigenvalue weighted by atomic mass is 79.9. The number of thioether (sulfide) groups is 1. The van der Waals surface area contributed by atoms with Gasteiger partial charge in [-0.1, -0.05) is 39.8 Å². The van der Waals surface area contributed by atoms with Crippen molar-refractivity contribution in [1.29, 1.82) is 5.26 Å². The fourth-order valence-corrected chi connectivity index (χ4v) is 1.90. The number of nitriles is 1. The first-order valence-electron chi connectivity index (χ1n) is 5.25. The number of anilines is 1. The molecule has 2 N–H and O–H groups in total. The van der Waals surface area contributed by atoms with E-state index in [9.17, 15) is 0 Å². The molecule has 0 saturated heterocycles. The van der Waals surface area contributed by atoms with Crippen LogP contribution in [0.15, 0.2) is 39.0 Å². The van der Waals surface area contributed by atoms with Crippen molar-refractivity contribution in [3.05, 3.63) is 34.3 Å². The van der Waals surface area contributed by atoms with Gasteiger partial charge < -0.3 is 0 Å². The molecule has 0 aliphatic carbocycles. The second kappa shape index (κ2) is 6.92. The van der Waals surface area contributed by atoms with Crippen LogP contribution >= 0.6 is 27.7 Å². The van der Waals surface area contributed by atoms with Crippen molar-refractivity contribution in [2.45, 2.75) is 5.16 Å². The van der Waals surface area contributed by atoms with Gasteiger partial charge in [-0.15, -0.1) is 5.10 Å². The first-order valence-corrected chi connectivity index (χ1v) is 7.02. The summed E-state index contributed by atoms with van der Waals surface area (Å²) < 4.78 is 1.02. The van der Waals surface area contributed by atoms with Crippen LogP contribution in [0.3, 0.4) is 0 Å². The fraction of sp³-hybridized carbons (Fsp3) is 0.0909. The Kier molecular flexibility index (Phi) is 4.94. The molecule has 0 aliphatic rings. The number of H-pyrrole nitrogens is 1. The lowest BCUT2D eigenvalue weighted by atomic mass is 10.2. The van der Waals surface area contributed by atoms with E-state index in [0.29, 0.717) is 16.9 Å². The Labute approximate surface area is 122 Å². The number of benzene rings is 1. The number of nitrogens with zero attached hydrogens (tertiary/aromatic N) is 4. The molecule has 0 aliphatic heterocycles. The van der Waals surface area contributed by atoms with Gasteiger partial charge in [0.05, 0.1) is 18.0 Å². The Hall–Kier alpha value is -1.85. The van der Waals surface area contributed by atoms with Gasteiger partial charge in [0.15, 0.2) is 0 Å². The first-order chi connectivity index (χ1) is 9.28. The predicted molar refractivity (Wildman–Crippen MR) is 78.1 cm³/mol. The van der Waals surface area contributed by atoms with E-state index in [1.807, 2.05) is 30.3 Å². The maximum Gasteiger partial charge on any atom is 0.240 e. The van der Waals surface area contributed by atoms with E-state index in [0.717, 1.165) is 10.0 Å². The lowest BCUT2D eigenvalue weighted by Crippen LogP contribution is -1.92. The second-order valence-electron chi connectivity index (χ2n) is 3.33. The van der Waals surface area contributed by atoms with Crippen LogP contribution < -0.4 is 5.43 Å². The largest absolute Gasteiger partial charge is 0.246 e. The smallest absolute Gasteiger partial charge is 0.240 e. The summed E-state index contributed by atoms with van der Waals surface area (Å²) in [5, 5.41) is 19.6. The molecule has 0 radical (unpaired) electrons. The normalized spacial score (nSPS) is 10.5. The third-order valence-corrected chi connectivity index (χ3v) is 3.23. The van der Waals surface area contributed by atoms with Gasteiger partial charge in [-0.2, -0.15) is 15.3 Å². The van der Waals surface area contributed by atoms with Crippen LogP contribution in [-0.2, 0) is 0 Å². The van der Waals surface area contributed by atoms with Crippen LogP contribution in [0.2, 0.25) is 0 Å². The van der Waals surface area contributed by atoms with Crippen molar-refractivity contribution in [3.63, 3.8) is 0 Å². The Balaban J connectivity index is 1.89. The zero-order valence-corrected chi connectivity index (χ0v) is 12.1. The molecule has 2 aromatic rings. The van der Waals surface area contributed by atoms with Gasteiger partial charge in [-0.25, -0.2) is 10.5 Å². The Morgan fingerprint density at radius 3 is 3.00 bits per heavy atom. The maximum absolute atomic E-state index is 8.44. The zero-order chi connectivity index (χ0) is 13.5. The molecule has 2 rings (SSSR count). The SMILES string of the molecule is N#CCSc1n[nH]c(N/N=C\c2ccc(Br)cc2)n1. The molecule has 19 heavy (non-hydrogen) atoms. The third kappa shape index (κ3) is 4.39. The molecule has 8 heteroatoms. The van der Waals surface area contributed by atoms with E-state index < -0.39 is 0 Å². The number of nitrogens with one attached hydrogen (secondary N) is 2. The summed E-state index contributed by atoms with van der Waals surface area (Å²) in [5.74, 6) is 0.758. The number of aromatic nitrogens is 3. The molecule has 0 unspecified atom stereocenters. The van der Waals surface area contributed by atoms with Gasteiger partial charge in [-0.05, 0) is 17.7 Å². The minimum atomic E-state index is 0.319. The van der Waals surface area contributed by atoms with Gasteiger partial charge in [0.25, 0.3) is 0 Å². The summed E-state index contributed by atoms with van der Waals surface area (Å²) in [4.78, 5) is 4.11. The summed E-state index contributed by atoms with van der Waals surface area (Å²) in [6.07, 6.45) is 1.68. The average Bonchev–Trinajstić information content (AvgIpc) is 2.87. The van der Waals surface area contributed by atoms with E-state index >= 15 is 0 Å². The number of hydrogen-bond acceptors (Lipinski definition) is 6. The molecular formula is C11H9BrN6S. The molecule has 0 fully saturated rings. The summed E-state index contributed by atoms with van der Waals surface area (Å²) >= 11 is 4.63. The summed E-state index contributed by atoms with van der Waals surface area (Å²) in [5.41, 5.74) is 3.70. The monoisotopic (exact) mass is 336 g/mol. The van der Waals surface area contributed by atoms with Crippen molar-refractivity contribution in [1.82, 2.24) is 15.2 Å². The van der Waals surface area contributed by atoms with Crippen LogP contribution in [0.5, 0.6) is 0 Å². The number of halogens is 1. The Morgan fingerprint density at radius 2 is 2.26 bits per heavy atom. The molecule has 0 saturated carbocycles.